The monoisotopic (exact) mass is 338 g/mol. The van der Waals surface area contributed by atoms with E-state index in [0.717, 1.165) is 17.5 Å². The van der Waals surface area contributed by atoms with Crippen molar-refractivity contribution in [2.45, 2.75) is 13.3 Å². The predicted molar refractivity (Wildman–Crippen MR) is 98.6 cm³/mol. The Morgan fingerprint density at radius 2 is 1.88 bits per heavy atom. The molecule has 0 atom stereocenters. The molecule has 0 unspecified atom stereocenters. The third-order valence-electron chi connectivity index (χ3n) is 3.69. The molecular weight excluding hydrogens is 320 g/mol. The molecule has 5 heteroatoms. The van der Waals surface area contributed by atoms with Gasteiger partial charge in [0.15, 0.2) is 0 Å². The van der Waals surface area contributed by atoms with Crippen LogP contribution < -0.4 is 10.6 Å². The largest absolute Gasteiger partial charge is 0.352 e. The first-order chi connectivity index (χ1) is 11.6. The minimum Gasteiger partial charge on any atom is -0.352 e. The van der Waals surface area contributed by atoms with Gasteiger partial charge < -0.3 is 10.6 Å². The number of thiophene rings is 1. The summed E-state index contributed by atoms with van der Waals surface area (Å²) in [4.78, 5) is 23.3. The summed E-state index contributed by atoms with van der Waals surface area (Å²) in [5.41, 5.74) is 2.64. The van der Waals surface area contributed by atoms with Crippen LogP contribution in [0.3, 0.4) is 0 Å². The van der Waals surface area contributed by atoms with E-state index in [9.17, 15) is 9.59 Å². The highest BCUT2D eigenvalue weighted by molar-refractivity contribution is 7.17. The van der Waals surface area contributed by atoms with Gasteiger partial charge in [0.05, 0.1) is 0 Å². The third kappa shape index (κ3) is 3.81. The van der Waals surface area contributed by atoms with Crippen LogP contribution in [-0.2, 0) is 11.2 Å². The number of hydrogen-bond donors (Lipinski definition) is 2. The summed E-state index contributed by atoms with van der Waals surface area (Å²) in [7, 11) is 0. The summed E-state index contributed by atoms with van der Waals surface area (Å²) in [6, 6.07) is 15.1. The van der Waals surface area contributed by atoms with E-state index in [0.29, 0.717) is 12.1 Å². The van der Waals surface area contributed by atoms with Gasteiger partial charge in [0, 0.05) is 29.4 Å². The number of carbonyl (C=O) groups excluding carboxylic acids is 2. The average Bonchev–Trinajstić information content (AvgIpc) is 2.97. The molecule has 2 N–H and O–H groups in total. The van der Waals surface area contributed by atoms with Gasteiger partial charge in [0.25, 0.3) is 5.91 Å². The van der Waals surface area contributed by atoms with Crippen molar-refractivity contribution >= 4 is 38.9 Å². The molecular formula is C19H18N2O2S. The van der Waals surface area contributed by atoms with Crippen LogP contribution in [0.25, 0.3) is 10.1 Å². The van der Waals surface area contributed by atoms with Crippen LogP contribution in [0.2, 0.25) is 0 Å². The van der Waals surface area contributed by atoms with Gasteiger partial charge in [-0.3, -0.25) is 9.59 Å². The molecule has 2 amide bonds. The Morgan fingerprint density at radius 3 is 2.62 bits per heavy atom. The van der Waals surface area contributed by atoms with Crippen molar-refractivity contribution in [2.75, 3.05) is 11.9 Å². The Morgan fingerprint density at radius 1 is 1.08 bits per heavy atom. The maximum absolute atomic E-state index is 12.1. The Labute approximate surface area is 144 Å². The highest BCUT2D eigenvalue weighted by Crippen LogP contribution is 2.29. The highest BCUT2D eigenvalue weighted by Gasteiger charge is 2.08. The molecule has 1 aromatic heterocycles. The number of hydrogen-bond acceptors (Lipinski definition) is 3. The second kappa shape index (κ2) is 7.27. The minimum atomic E-state index is -0.0822. The van der Waals surface area contributed by atoms with Crippen molar-refractivity contribution in [3.63, 3.8) is 0 Å². The van der Waals surface area contributed by atoms with Gasteiger partial charge >= 0.3 is 0 Å². The van der Waals surface area contributed by atoms with Crippen LogP contribution in [0.5, 0.6) is 0 Å². The van der Waals surface area contributed by atoms with Gasteiger partial charge in [-0.25, -0.2) is 0 Å². The lowest BCUT2D eigenvalue weighted by molar-refractivity contribution is -0.114. The fourth-order valence-corrected chi connectivity index (χ4v) is 3.54. The van der Waals surface area contributed by atoms with E-state index in [1.54, 1.807) is 23.5 Å². The molecule has 0 aliphatic carbocycles. The first-order valence-electron chi connectivity index (χ1n) is 7.74. The van der Waals surface area contributed by atoms with Gasteiger partial charge in [0.1, 0.15) is 0 Å². The summed E-state index contributed by atoms with van der Waals surface area (Å²) in [6.45, 7) is 2.07. The molecule has 3 aromatic rings. The number of amides is 2. The number of rotatable bonds is 5. The molecule has 0 radical (unpaired) electrons. The first kappa shape index (κ1) is 16.2. The van der Waals surface area contributed by atoms with Crippen LogP contribution in [0.15, 0.2) is 53.9 Å². The maximum Gasteiger partial charge on any atom is 0.251 e. The Hall–Kier alpha value is -2.66. The van der Waals surface area contributed by atoms with Crippen molar-refractivity contribution in [2.24, 2.45) is 0 Å². The van der Waals surface area contributed by atoms with Gasteiger partial charge in [0.2, 0.25) is 5.91 Å². The number of nitrogens with one attached hydrogen (secondary N) is 2. The molecule has 24 heavy (non-hydrogen) atoms. The zero-order valence-corrected chi connectivity index (χ0v) is 14.2. The van der Waals surface area contributed by atoms with Crippen molar-refractivity contribution < 1.29 is 9.59 Å². The van der Waals surface area contributed by atoms with Crippen LogP contribution in [0.1, 0.15) is 22.8 Å². The second-order valence-electron chi connectivity index (χ2n) is 5.52. The fraction of sp³-hybridized carbons (Fsp3) is 0.158. The lowest BCUT2D eigenvalue weighted by Gasteiger charge is -2.06. The smallest absolute Gasteiger partial charge is 0.251 e. The van der Waals surface area contributed by atoms with E-state index in [2.05, 4.69) is 16.0 Å². The number of fused-ring (bicyclic) bond motifs is 1. The number of anilines is 1. The minimum absolute atomic E-state index is 0.0610. The van der Waals surface area contributed by atoms with E-state index in [1.807, 2.05) is 36.4 Å². The SMILES string of the molecule is CC(=O)Nc1ccc2scc(CCNC(=O)c3ccccc3)c2c1. The number of benzene rings is 2. The molecule has 0 saturated heterocycles. The molecule has 0 bridgehead atoms. The van der Waals surface area contributed by atoms with E-state index < -0.39 is 0 Å². The Kier molecular flexibility index (Phi) is 4.91. The topological polar surface area (TPSA) is 58.2 Å². The molecule has 2 aromatic carbocycles. The molecule has 3 rings (SSSR count). The summed E-state index contributed by atoms with van der Waals surface area (Å²) >= 11 is 1.67. The van der Waals surface area contributed by atoms with Crippen LogP contribution in [-0.4, -0.2) is 18.4 Å². The average molecular weight is 338 g/mol. The van der Waals surface area contributed by atoms with Crippen LogP contribution in [0, 0.1) is 0 Å². The second-order valence-corrected chi connectivity index (χ2v) is 6.44. The quantitative estimate of drug-likeness (QED) is 0.743. The number of carbonyl (C=O) groups is 2. The van der Waals surface area contributed by atoms with Crippen molar-refractivity contribution in [1.29, 1.82) is 0 Å². The van der Waals surface area contributed by atoms with Crippen molar-refractivity contribution in [3.8, 4) is 0 Å². The predicted octanol–water partition coefficient (Wildman–Crippen LogP) is 3.83. The molecule has 4 nitrogen and oxygen atoms in total. The van der Waals surface area contributed by atoms with E-state index >= 15 is 0 Å². The first-order valence-corrected chi connectivity index (χ1v) is 8.62. The van der Waals surface area contributed by atoms with Gasteiger partial charge in [-0.05, 0) is 53.1 Å². The summed E-state index contributed by atoms with van der Waals surface area (Å²) < 4.78 is 1.17. The lowest BCUT2D eigenvalue weighted by atomic mass is 10.1. The highest BCUT2D eigenvalue weighted by atomic mass is 32.1. The summed E-state index contributed by atoms with van der Waals surface area (Å²) in [5, 5.41) is 8.98. The van der Waals surface area contributed by atoms with E-state index in [1.165, 1.54) is 17.2 Å². The standard InChI is InChI=1S/C19H18N2O2S/c1-13(22)21-16-7-8-18-17(11-16)15(12-24-18)9-10-20-19(23)14-5-3-2-4-6-14/h2-8,11-12H,9-10H2,1H3,(H,20,23)(H,21,22). The molecule has 122 valence electrons. The van der Waals surface area contributed by atoms with Gasteiger partial charge in [-0.2, -0.15) is 0 Å². The normalized spacial score (nSPS) is 10.5. The van der Waals surface area contributed by atoms with Crippen molar-refractivity contribution in [1.82, 2.24) is 5.32 Å². The summed E-state index contributed by atoms with van der Waals surface area (Å²) in [6.07, 6.45) is 0.752. The molecule has 1 heterocycles. The van der Waals surface area contributed by atoms with Gasteiger partial charge in [-0.1, -0.05) is 18.2 Å². The van der Waals surface area contributed by atoms with Gasteiger partial charge in [-0.15, -0.1) is 11.3 Å². The Bertz CT molecular complexity index is 871. The molecule has 0 fully saturated rings. The van der Waals surface area contributed by atoms with E-state index in [4.69, 9.17) is 0 Å². The van der Waals surface area contributed by atoms with Crippen LogP contribution >= 0.6 is 11.3 Å². The maximum atomic E-state index is 12.1. The molecule has 0 spiro atoms. The third-order valence-corrected chi connectivity index (χ3v) is 4.70. The van der Waals surface area contributed by atoms with Crippen LogP contribution in [0.4, 0.5) is 5.69 Å². The molecule has 0 aliphatic rings. The zero-order chi connectivity index (χ0) is 16.9. The van der Waals surface area contributed by atoms with Crippen molar-refractivity contribution in [3.05, 3.63) is 65.0 Å². The Balaban J connectivity index is 1.66. The fourth-order valence-electron chi connectivity index (χ4n) is 2.56. The molecule has 0 aliphatic heterocycles. The van der Waals surface area contributed by atoms with E-state index in [-0.39, 0.29) is 11.8 Å². The zero-order valence-electron chi connectivity index (χ0n) is 13.3. The summed E-state index contributed by atoms with van der Waals surface area (Å²) in [5.74, 6) is -0.143. The molecule has 0 saturated carbocycles. The lowest BCUT2D eigenvalue weighted by Crippen LogP contribution is -2.25.